The van der Waals surface area contributed by atoms with Crippen molar-refractivity contribution in [2.75, 3.05) is 12.4 Å². The van der Waals surface area contributed by atoms with Gasteiger partial charge >= 0.3 is 0 Å². The first-order chi connectivity index (χ1) is 18.4. The highest BCUT2D eigenvalue weighted by Gasteiger charge is 2.60. The highest BCUT2D eigenvalue weighted by molar-refractivity contribution is 6.31. The van der Waals surface area contributed by atoms with Gasteiger partial charge in [-0.3, -0.25) is 4.79 Å². The molecule has 1 amide bonds. The highest BCUT2D eigenvalue weighted by atomic mass is 35.5. The summed E-state index contributed by atoms with van der Waals surface area (Å²) < 4.78 is 15.1. The van der Waals surface area contributed by atoms with E-state index in [0.717, 1.165) is 6.29 Å². The van der Waals surface area contributed by atoms with E-state index in [9.17, 15) is 14.7 Å². The molecule has 39 heavy (non-hydrogen) atoms. The van der Waals surface area contributed by atoms with Gasteiger partial charge in [-0.25, -0.2) is 4.39 Å². The molecule has 4 rings (SSSR count). The summed E-state index contributed by atoms with van der Waals surface area (Å²) in [7, 11) is 1.70. The number of anilines is 1. The molecule has 1 aliphatic carbocycles. The molecule has 1 saturated carbocycles. The molecule has 1 saturated heterocycles. The third kappa shape index (κ3) is 6.12. The Kier molecular flexibility index (Phi) is 8.96. The van der Waals surface area contributed by atoms with Crippen molar-refractivity contribution in [1.82, 2.24) is 10.6 Å². The van der Waals surface area contributed by atoms with Crippen molar-refractivity contribution in [2.24, 2.45) is 5.41 Å². The van der Waals surface area contributed by atoms with Crippen LogP contribution in [0.25, 0.3) is 0 Å². The fourth-order valence-corrected chi connectivity index (χ4v) is 6.74. The monoisotopic (exact) mass is 577 g/mol. The van der Waals surface area contributed by atoms with E-state index in [1.807, 2.05) is 6.07 Å². The molecule has 6 nitrogen and oxygen atoms in total. The number of carbonyl (C=O) groups is 2. The number of hydrogen-bond donors (Lipinski definition) is 4. The molecule has 2 fully saturated rings. The van der Waals surface area contributed by atoms with Crippen molar-refractivity contribution in [2.45, 2.75) is 88.4 Å². The first kappa shape index (κ1) is 29.8. The number of amides is 1. The van der Waals surface area contributed by atoms with Gasteiger partial charge in [0, 0.05) is 35.8 Å². The Morgan fingerprint density at radius 2 is 1.87 bits per heavy atom. The number of nitrogens with one attached hydrogen (secondary N) is 3. The zero-order chi connectivity index (χ0) is 28.5. The maximum atomic E-state index is 15.1. The van der Waals surface area contributed by atoms with E-state index in [4.69, 9.17) is 23.2 Å². The molecule has 2 aliphatic rings. The zero-order valence-electron chi connectivity index (χ0n) is 22.9. The maximum absolute atomic E-state index is 15.1. The lowest BCUT2D eigenvalue weighted by Gasteiger charge is -2.39. The van der Waals surface area contributed by atoms with Crippen LogP contribution in [0.5, 0.6) is 0 Å². The van der Waals surface area contributed by atoms with Gasteiger partial charge in [-0.1, -0.05) is 56.1 Å². The van der Waals surface area contributed by atoms with Crippen molar-refractivity contribution in [3.05, 3.63) is 63.4 Å². The van der Waals surface area contributed by atoms with Gasteiger partial charge in [0.2, 0.25) is 5.91 Å². The third-order valence-corrected chi connectivity index (χ3v) is 8.67. The molecule has 1 heterocycles. The van der Waals surface area contributed by atoms with Crippen LogP contribution in [0.1, 0.15) is 69.9 Å². The average molecular weight is 579 g/mol. The first-order valence-electron chi connectivity index (χ1n) is 13.5. The number of aliphatic hydroxyl groups is 1. The molecule has 2 aromatic carbocycles. The molecule has 4 N–H and O–H groups in total. The number of aldehydes is 1. The van der Waals surface area contributed by atoms with Crippen molar-refractivity contribution >= 4 is 41.1 Å². The molecule has 0 aromatic heterocycles. The summed E-state index contributed by atoms with van der Waals surface area (Å²) in [5.41, 5.74) is 0.107. The zero-order valence-corrected chi connectivity index (χ0v) is 24.4. The molecule has 4 atom stereocenters. The van der Waals surface area contributed by atoms with Crippen LogP contribution >= 0.6 is 23.2 Å². The minimum absolute atomic E-state index is 0.0597. The van der Waals surface area contributed by atoms with Gasteiger partial charge in [0.05, 0.1) is 22.6 Å². The lowest BCUT2D eigenvalue weighted by Crippen LogP contribution is -2.49. The highest BCUT2D eigenvalue weighted by Crippen LogP contribution is 2.52. The minimum atomic E-state index is -1.33. The first-order valence-corrected chi connectivity index (χ1v) is 14.3. The van der Waals surface area contributed by atoms with Crippen molar-refractivity contribution in [3.8, 4) is 0 Å². The van der Waals surface area contributed by atoms with Crippen molar-refractivity contribution < 1.29 is 19.1 Å². The van der Waals surface area contributed by atoms with Crippen LogP contribution in [0.15, 0.2) is 36.4 Å². The van der Waals surface area contributed by atoms with Crippen LogP contribution in [0.4, 0.5) is 10.1 Å². The normalized spacial score (nSPS) is 29.2. The molecule has 2 aromatic rings. The van der Waals surface area contributed by atoms with Crippen LogP contribution in [-0.2, 0) is 15.0 Å². The number of aliphatic hydroxyl groups excluding tert-OH is 1. The van der Waals surface area contributed by atoms with Crippen LogP contribution in [0.2, 0.25) is 10.0 Å². The second-order valence-electron chi connectivity index (χ2n) is 12.1. The number of carbonyl (C=O) groups excluding carboxylic acids is 2. The average Bonchev–Trinajstić information content (AvgIpc) is 3.20. The summed E-state index contributed by atoms with van der Waals surface area (Å²) in [6.07, 6.45) is 3.67. The number of hydrogen-bond acceptors (Lipinski definition) is 5. The lowest BCUT2D eigenvalue weighted by atomic mass is 9.62. The van der Waals surface area contributed by atoms with E-state index in [0.29, 0.717) is 53.9 Å². The molecular weight excluding hydrogens is 540 g/mol. The van der Waals surface area contributed by atoms with Crippen LogP contribution in [-0.4, -0.2) is 48.6 Å². The van der Waals surface area contributed by atoms with Gasteiger partial charge in [0.1, 0.15) is 12.1 Å². The predicted molar refractivity (Wildman–Crippen MR) is 154 cm³/mol. The largest absolute Gasteiger partial charge is 0.393 e. The Morgan fingerprint density at radius 1 is 1.18 bits per heavy atom. The van der Waals surface area contributed by atoms with Crippen molar-refractivity contribution in [1.29, 1.82) is 0 Å². The van der Waals surface area contributed by atoms with Crippen LogP contribution in [0.3, 0.4) is 0 Å². The molecule has 9 heteroatoms. The Balaban J connectivity index is 1.91. The number of benzene rings is 2. The minimum Gasteiger partial charge on any atom is -0.393 e. The fraction of sp³-hybridized carbons (Fsp3) is 0.533. The van der Waals surface area contributed by atoms with E-state index < -0.39 is 29.2 Å². The Labute approximate surface area is 240 Å². The lowest BCUT2D eigenvalue weighted by molar-refractivity contribution is -0.124. The van der Waals surface area contributed by atoms with Gasteiger partial charge in [0.25, 0.3) is 0 Å². The van der Waals surface area contributed by atoms with Crippen LogP contribution in [0, 0.1) is 11.2 Å². The van der Waals surface area contributed by atoms with E-state index in [1.165, 1.54) is 12.1 Å². The fourth-order valence-electron chi connectivity index (χ4n) is 6.38. The summed E-state index contributed by atoms with van der Waals surface area (Å²) in [6, 6.07) is 8.60. The van der Waals surface area contributed by atoms with Gasteiger partial charge in [-0.05, 0) is 72.9 Å². The van der Waals surface area contributed by atoms with Gasteiger partial charge in [-0.15, -0.1) is 0 Å². The van der Waals surface area contributed by atoms with E-state index >= 15 is 4.39 Å². The van der Waals surface area contributed by atoms with Crippen LogP contribution < -0.4 is 16.0 Å². The molecule has 4 unspecified atom stereocenters. The summed E-state index contributed by atoms with van der Waals surface area (Å²) in [5.74, 6) is -1.56. The molecule has 0 radical (unpaired) electrons. The molecule has 212 valence electrons. The second-order valence-corrected chi connectivity index (χ2v) is 13.0. The standard InChI is InChI=1S/C30H38Cl2FN3O3/c1-29(2,3)15-25-30(16-37,21-13-23(33)22(32)14-24(21)34-4)26(17-6-5-7-18(31)12-17)27(36-25)28(39)35-19-8-10-20(38)11-9-19/h5-7,12-14,16,19-20,25-27,34,36,38H,8-11,15H2,1-4H3,(H,35,39). The number of halogens is 3. The van der Waals surface area contributed by atoms with Gasteiger partial charge in [0.15, 0.2) is 0 Å². The molecule has 1 aliphatic heterocycles. The smallest absolute Gasteiger partial charge is 0.238 e. The van der Waals surface area contributed by atoms with E-state index in [-0.39, 0.29) is 28.5 Å². The van der Waals surface area contributed by atoms with E-state index in [2.05, 4.69) is 36.7 Å². The summed E-state index contributed by atoms with van der Waals surface area (Å²) >= 11 is 12.6. The second kappa shape index (κ2) is 11.7. The maximum Gasteiger partial charge on any atom is 0.238 e. The molecule has 0 bridgehead atoms. The SMILES string of the molecule is CNc1cc(Cl)c(F)cc1C1(C=O)C(CC(C)(C)C)NC(C(=O)NC2CCC(O)CC2)C1c1cccc(Cl)c1. The Bertz CT molecular complexity index is 1210. The molecular formula is C30H38Cl2FN3O3. The summed E-state index contributed by atoms with van der Waals surface area (Å²) in [6.45, 7) is 6.21. The summed E-state index contributed by atoms with van der Waals surface area (Å²) in [5, 5.41) is 20.1. The van der Waals surface area contributed by atoms with Crippen molar-refractivity contribution in [3.63, 3.8) is 0 Å². The van der Waals surface area contributed by atoms with Gasteiger partial charge < -0.3 is 25.9 Å². The summed E-state index contributed by atoms with van der Waals surface area (Å²) in [4.78, 5) is 27.5. The topological polar surface area (TPSA) is 90.5 Å². The number of rotatable bonds is 7. The van der Waals surface area contributed by atoms with E-state index in [1.54, 1.807) is 25.2 Å². The molecule has 0 spiro atoms. The predicted octanol–water partition coefficient (Wildman–Crippen LogP) is 5.59. The quantitative estimate of drug-likeness (QED) is 0.322. The Morgan fingerprint density at radius 3 is 2.46 bits per heavy atom. The third-order valence-electron chi connectivity index (χ3n) is 8.15. The van der Waals surface area contributed by atoms with Gasteiger partial charge in [-0.2, -0.15) is 0 Å². The Hall–Kier alpha value is -2.19.